The van der Waals surface area contributed by atoms with Gasteiger partial charge in [-0.3, -0.25) is 0 Å². The van der Waals surface area contributed by atoms with Gasteiger partial charge in [0.1, 0.15) is 11.6 Å². The van der Waals surface area contributed by atoms with Gasteiger partial charge in [-0.2, -0.15) is 0 Å². The van der Waals surface area contributed by atoms with Gasteiger partial charge in [0.25, 0.3) is 0 Å². The van der Waals surface area contributed by atoms with Crippen LogP contribution in [0.1, 0.15) is 30.0 Å². The molecule has 2 rings (SSSR count). The minimum atomic E-state index is -0.376. The van der Waals surface area contributed by atoms with Gasteiger partial charge >= 0.3 is 0 Å². The smallest absolute Gasteiger partial charge is 0.126 e. The molecule has 1 aromatic rings. The van der Waals surface area contributed by atoms with Crippen molar-refractivity contribution in [3.05, 3.63) is 29.1 Å². The van der Waals surface area contributed by atoms with E-state index in [-0.39, 0.29) is 18.4 Å². The largest absolute Gasteiger partial charge is 0.493 e. The van der Waals surface area contributed by atoms with Crippen molar-refractivity contribution in [1.29, 1.82) is 0 Å². The first-order valence-electron chi connectivity index (χ1n) is 6.00. The van der Waals surface area contributed by atoms with Crippen molar-refractivity contribution in [2.75, 3.05) is 13.2 Å². The van der Waals surface area contributed by atoms with Crippen molar-refractivity contribution in [2.24, 2.45) is 17.4 Å². The van der Waals surface area contributed by atoms with Gasteiger partial charge < -0.3 is 16.2 Å². The highest BCUT2D eigenvalue weighted by molar-refractivity contribution is 5.40. The summed E-state index contributed by atoms with van der Waals surface area (Å²) in [7, 11) is 0. The Bertz CT molecular complexity index is 405. The summed E-state index contributed by atoms with van der Waals surface area (Å²) < 4.78 is 19.2. The summed E-state index contributed by atoms with van der Waals surface area (Å²) >= 11 is 0. The molecule has 1 aliphatic rings. The number of hydrogen-bond donors (Lipinski definition) is 2. The first-order chi connectivity index (χ1) is 8.11. The maximum absolute atomic E-state index is 13.5. The average molecular weight is 238 g/mol. The third-order valence-electron chi connectivity index (χ3n) is 3.12. The van der Waals surface area contributed by atoms with Gasteiger partial charge in [0, 0.05) is 18.2 Å². The molecule has 1 aliphatic carbocycles. The van der Waals surface area contributed by atoms with Crippen molar-refractivity contribution in [3.63, 3.8) is 0 Å². The summed E-state index contributed by atoms with van der Waals surface area (Å²) in [4.78, 5) is 0. The van der Waals surface area contributed by atoms with E-state index in [4.69, 9.17) is 16.2 Å². The lowest BCUT2D eigenvalue weighted by Gasteiger charge is -2.17. The highest BCUT2D eigenvalue weighted by atomic mass is 19.1. The molecule has 3 nitrogen and oxygen atoms in total. The molecule has 94 valence electrons. The fourth-order valence-corrected chi connectivity index (χ4v) is 1.70. The van der Waals surface area contributed by atoms with E-state index in [0.717, 1.165) is 0 Å². The fourth-order valence-electron chi connectivity index (χ4n) is 1.70. The molecule has 1 fully saturated rings. The Morgan fingerprint density at radius 3 is 2.76 bits per heavy atom. The van der Waals surface area contributed by atoms with Crippen molar-refractivity contribution in [3.8, 4) is 5.75 Å². The molecule has 0 amide bonds. The van der Waals surface area contributed by atoms with Crippen molar-refractivity contribution in [1.82, 2.24) is 0 Å². The predicted molar refractivity (Wildman–Crippen MR) is 65.3 cm³/mol. The molecule has 0 heterocycles. The van der Waals surface area contributed by atoms with E-state index in [9.17, 15) is 4.39 Å². The lowest BCUT2D eigenvalue weighted by molar-refractivity contribution is 0.294. The predicted octanol–water partition coefficient (Wildman–Crippen LogP) is 1.88. The van der Waals surface area contributed by atoms with Crippen LogP contribution in [0.3, 0.4) is 0 Å². The molecule has 0 aromatic heterocycles. The maximum atomic E-state index is 13.5. The average Bonchev–Trinajstić information content (AvgIpc) is 3.13. The van der Waals surface area contributed by atoms with Gasteiger partial charge in [-0.1, -0.05) is 0 Å². The molecule has 1 atom stereocenters. The van der Waals surface area contributed by atoms with Gasteiger partial charge in [0.05, 0.1) is 6.61 Å². The lowest BCUT2D eigenvalue weighted by atomic mass is 10.0. The first kappa shape index (κ1) is 12.3. The summed E-state index contributed by atoms with van der Waals surface area (Å²) in [5.74, 6) is 1.07. The summed E-state index contributed by atoms with van der Waals surface area (Å²) in [6, 6.07) is 2.77. The monoisotopic (exact) mass is 238 g/mol. The first-order valence-corrected chi connectivity index (χ1v) is 6.00. The van der Waals surface area contributed by atoms with E-state index in [1.165, 1.54) is 18.9 Å². The molecule has 4 heteroatoms. The highest BCUT2D eigenvalue weighted by Crippen LogP contribution is 2.32. The summed E-state index contributed by atoms with van der Waals surface area (Å²) in [6.07, 6.45) is 2.44. The van der Waals surface area contributed by atoms with Crippen LogP contribution in [-0.4, -0.2) is 13.2 Å². The van der Waals surface area contributed by atoms with Crippen molar-refractivity contribution in [2.45, 2.75) is 25.8 Å². The van der Waals surface area contributed by atoms with Gasteiger partial charge in [0.2, 0.25) is 0 Å². The number of nitrogens with two attached hydrogens (primary N) is 2. The van der Waals surface area contributed by atoms with E-state index >= 15 is 0 Å². The SMILES string of the molecule is Cc1cc(OCC2CC2)c(C(N)CN)cc1F. The summed E-state index contributed by atoms with van der Waals surface area (Å²) in [6.45, 7) is 2.69. The molecule has 1 aromatic carbocycles. The number of aryl methyl sites for hydroxylation is 1. The highest BCUT2D eigenvalue weighted by Gasteiger charge is 2.23. The van der Waals surface area contributed by atoms with Gasteiger partial charge in [0.15, 0.2) is 0 Å². The normalized spacial score (nSPS) is 16.9. The Balaban J connectivity index is 2.22. The van der Waals surface area contributed by atoms with Gasteiger partial charge in [-0.25, -0.2) is 4.39 Å². The standard InChI is InChI=1S/C13H19FN2O/c1-8-4-13(17-7-9-2-3-9)10(5-11(8)14)12(16)6-15/h4-5,9,12H,2-3,6-7,15-16H2,1H3. The quantitative estimate of drug-likeness (QED) is 0.823. The van der Waals surface area contributed by atoms with Gasteiger partial charge in [-0.05, 0) is 43.4 Å². The van der Waals surface area contributed by atoms with E-state index in [1.807, 2.05) is 0 Å². The maximum Gasteiger partial charge on any atom is 0.126 e. The zero-order valence-corrected chi connectivity index (χ0v) is 10.1. The zero-order valence-electron chi connectivity index (χ0n) is 10.1. The minimum absolute atomic E-state index is 0.261. The molecule has 0 saturated heterocycles. The summed E-state index contributed by atoms with van der Waals surface area (Å²) in [5, 5.41) is 0. The summed E-state index contributed by atoms with van der Waals surface area (Å²) in [5.41, 5.74) is 12.6. The molecule has 1 saturated carbocycles. The van der Waals surface area contributed by atoms with Crippen LogP contribution in [-0.2, 0) is 0 Å². The second-order valence-electron chi connectivity index (χ2n) is 4.74. The second-order valence-corrected chi connectivity index (χ2v) is 4.74. The Morgan fingerprint density at radius 1 is 1.47 bits per heavy atom. The van der Waals surface area contributed by atoms with Crippen LogP contribution >= 0.6 is 0 Å². The van der Waals surface area contributed by atoms with Crippen molar-refractivity contribution < 1.29 is 9.13 Å². The topological polar surface area (TPSA) is 61.3 Å². The van der Waals surface area contributed by atoms with Gasteiger partial charge in [-0.15, -0.1) is 0 Å². The number of halogens is 1. The Morgan fingerprint density at radius 2 is 2.18 bits per heavy atom. The number of benzene rings is 1. The molecule has 17 heavy (non-hydrogen) atoms. The van der Waals surface area contributed by atoms with Crippen LogP contribution in [0, 0.1) is 18.7 Å². The van der Waals surface area contributed by atoms with E-state index in [2.05, 4.69) is 0 Å². The minimum Gasteiger partial charge on any atom is -0.493 e. The van der Waals surface area contributed by atoms with E-state index < -0.39 is 0 Å². The van der Waals surface area contributed by atoms with Crippen LogP contribution in [0.5, 0.6) is 5.75 Å². The molecule has 1 unspecified atom stereocenters. The van der Waals surface area contributed by atoms with E-state index in [1.54, 1.807) is 13.0 Å². The number of hydrogen-bond acceptors (Lipinski definition) is 3. The van der Waals surface area contributed by atoms with Crippen LogP contribution in [0.2, 0.25) is 0 Å². The number of rotatable bonds is 5. The third kappa shape index (κ3) is 2.96. The van der Waals surface area contributed by atoms with Crippen LogP contribution < -0.4 is 16.2 Å². The molecule has 0 bridgehead atoms. The Labute approximate surface area is 101 Å². The Hall–Kier alpha value is -1.13. The molecular weight excluding hydrogens is 219 g/mol. The molecule has 0 spiro atoms. The van der Waals surface area contributed by atoms with E-state index in [0.29, 0.717) is 29.4 Å². The molecule has 4 N–H and O–H groups in total. The molecule has 0 radical (unpaired) electrons. The lowest BCUT2D eigenvalue weighted by Crippen LogP contribution is -2.22. The molecule has 0 aliphatic heterocycles. The van der Waals surface area contributed by atoms with Crippen LogP contribution in [0.4, 0.5) is 4.39 Å². The van der Waals surface area contributed by atoms with Crippen LogP contribution in [0.15, 0.2) is 12.1 Å². The zero-order chi connectivity index (χ0) is 12.4. The Kier molecular flexibility index (Phi) is 3.64. The second kappa shape index (κ2) is 5.02. The third-order valence-corrected chi connectivity index (χ3v) is 3.12. The fraction of sp³-hybridized carbons (Fsp3) is 0.538. The van der Waals surface area contributed by atoms with Crippen molar-refractivity contribution >= 4 is 0 Å². The number of ether oxygens (including phenoxy) is 1. The molecular formula is C13H19FN2O. The van der Waals surface area contributed by atoms with Crippen LogP contribution in [0.25, 0.3) is 0 Å².